The number of carbonyl (C=O) groups excluding carboxylic acids is 1. The fourth-order valence-corrected chi connectivity index (χ4v) is 3.42. The van der Waals surface area contributed by atoms with Gasteiger partial charge < -0.3 is 10.6 Å². The quantitative estimate of drug-likeness (QED) is 0.815. The Balaban J connectivity index is 2.72. The molecule has 1 aromatic carbocycles. The molecule has 0 saturated heterocycles. The second-order valence-corrected chi connectivity index (χ2v) is 6.22. The minimum atomic E-state index is -0.431. The highest BCUT2D eigenvalue weighted by molar-refractivity contribution is 6.00. The summed E-state index contributed by atoms with van der Waals surface area (Å²) in [5, 5.41) is 0. The van der Waals surface area contributed by atoms with E-state index in [4.69, 9.17) is 5.73 Å². The lowest BCUT2D eigenvalue weighted by Crippen LogP contribution is -2.58. The largest absolute Gasteiger partial charge is 0.328 e. The molecule has 0 bridgehead atoms. The van der Waals surface area contributed by atoms with Crippen molar-refractivity contribution >= 4 is 5.91 Å². The second kappa shape index (κ2) is 5.49. The molecule has 3 heteroatoms. The maximum absolute atomic E-state index is 13.0. The normalized spacial score (nSPS) is 16.7. The molecule has 0 saturated carbocycles. The van der Waals surface area contributed by atoms with E-state index in [0.717, 1.165) is 11.1 Å². The molecule has 1 amide bonds. The van der Waals surface area contributed by atoms with Crippen molar-refractivity contribution in [3.8, 4) is 0 Å². The highest BCUT2D eigenvalue weighted by Gasteiger charge is 2.52. The molecule has 0 atom stereocenters. The van der Waals surface area contributed by atoms with Crippen LogP contribution in [0.4, 0.5) is 0 Å². The number of hydrogen-bond donors (Lipinski definition) is 1. The van der Waals surface area contributed by atoms with Crippen LogP contribution < -0.4 is 5.73 Å². The molecule has 1 aliphatic rings. The van der Waals surface area contributed by atoms with Crippen molar-refractivity contribution in [2.45, 2.75) is 37.8 Å². The summed E-state index contributed by atoms with van der Waals surface area (Å²) in [5.41, 5.74) is 6.91. The maximum Gasteiger partial charge on any atom is 0.255 e. The van der Waals surface area contributed by atoms with Crippen LogP contribution in [0.15, 0.2) is 49.6 Å². The third kappa shape index (κ3) is 2.22. The Hall–Kier alpha value is -1.87. The van der Waals surface area contributed by atoms with E-state index in [2.05, 4.69) is 13.2 Å². The van der Waals surface area contributed by atoms with E-state index in [0.29, 0.717) is 19.4 Å². The zero-order chi connectivity index (χ0) is 15.7. The Labute approximate surface area is 127 Å². The third-order valence-electron chi connectivity index (χ3n) is 4.36. The third-order valence-corrected chi connectivity index (χ3v) is 4.36. The number of fused-ring (bicyclic) bond motifs is 1. The number of amides is 1. The van der Waals surface area contributed by atoms with Crippen LogP contribution >= 0.6 is 0 Å². The Morgan fingerprint density at radius 2 is 1.81 bits per heavy atom. The fourth-order valence-electron chi connectivity index (χ4n) is 3.42. The smallest absolute Gasteiger partial charge is 0.255 e. The zero-order valence-corrected chi connectivity index (χ0v) is 12.9. The van der Waals surface area contributed by atoms with Crippen LogP contribution in [0.1, 0.15) is 42.6 Å². The van der Waals surface area contributed by atoms with E-state index in [-0.39, 0.29) is 5.91 Å². The van der Waals surface area contributed by atoms with Gasteiger partial charge in [-0.2, -0.15) is 0 Å². The number of hydrogen-bond acceptors (Lipinski definition) is 2. The average molecular weight is 284 g/mol. The van der Waals surface area contributed by atoms with Crippen LogP contribution in [0, 0.1) is 0 Å². The Bertz CT molecular complexity index is 564. The Kier molecular flexibility index (Phi) is 4.06. The molecule has 3 nitrogen and oxygen atoms in total. The van der Waals surface area contributed by atoms with E-state index in [1.54, 1.807) is 0 Å². The lowest BCUT2D eigenvalue weighted by atomic mass is 9.81. The van der Waals surface area contributed by atoms with E-state index >= 15 is 0 Å². The molecule has 0 spiro atoms. The van der Waals surface area contributed by atoms with Crippen molar-refractivity contribution in [3.05, 3.63) is 60.7 Å². The number of carbonyl (C=O) groups is 1. The van der Waals surface area contributed by atoms with Gasteiger partial charge in [0.1, 0.15) is 0 Å². The van der Waals surface area contributed by atoms with Gasteiger partial charge >= 0.3 is 0 Å². The summed E-state index contributed by atoms with van der Waals surface area (Å²) in [5.74, 6) is 0.0461. The Morgan fingerprint density at radius 3 is 2.33 bits per heavy atom. The molecule has 2 rings (SSSR count). The molecule has 1 aliphatic heterocycles. The van der Waals surface area contributed by atoms with Crippen LogP contribution in [0.2, 0.25) is 0 Å². The van der Waals surface area contributed by atoms with Gasteiger partial charge in [0.15, 0.2) is 0 Å². The molecule has 0 fully saturated rings. The summed E-state index contributed by atoms with van der Waals surface area (Å²) in [7, 11) is 0. The minimum absolute atomic E-state index is 0.0461. The van der Waals surface area contributed by atoms with Crippen LogP contribution in [-0.2, 0) is 5.54 Å². The van der Waals surface area contributed by atoms with E-state index in [9.17, 15) is 4.79 Å². The van der Waals surface area contributed by atoms with Crippen LogP contribution in [0.25, 0.3) is 0 Å². The molecule has 1 heterocycles. The summed E-state index contributed by atoms with van der Waals surface area (Å²) < 4.78 is 0. The molecular formula is C18H24N2O. The van der Waals surface area contributed by atoms with Crippen molar-refractivity contribution in [2.75, 3.05) is 6.54 Å². The van der Waals surface area contributed by atoms with Crippen LogP contribution in [0.5, 0.6) is 0 Å². The number of rotatable bonds is 6. The first-order valence-corrected chi connectivity index (χ1v) is 7.30. The second-order valence-electron chi connectivity index (χ2n) is 6.22. The number of nitrogens with two attached hydrogens (primary N) is 1. The SMILES string of the molecule is C=CCC1(CC=C)c2ccccc2C(=O)N1C(C)(C)CN. The highest BCUT2D eigenvalue weighted by atomic mass is 16.2. The minimum Gasteiger partial charge on any atom is -0.328 e. The first-order valence-electron chi connectivity index (χ1n) is 7.30. The van der Waals surface area contributed by atoms with Gasteiger partial charge in [-0.3, -0.25) is 4.79 Å². The molecular weight excluding hydrogens is 260 g/mol. The fraction of sp³-hybridized carbons (Fsp3) is 0.389. The van der Waals surface area contributed by atoms with Gasteiger partial charge in [-0.05, 0) is 38.3 Å². The molecule has 0 aromatic heterocycles. The highest BCUT2D eigenvalue weighted by Crippen LogP contribution is 2.48. The number of nitrogens with zero attached hydrogens (tertiary/aromatic N) is 1. The van der Waals surface area contributed by atoms with Gasteiger partial charge in [0.25, 0.3) is 5.91 Å². The molecule has 2 N–H and O–H groups in total. The van der Waals surface area contributed by atoms with E-state index < -0.39 is 11.1 Å². The van der Waals surface area contributed by atoms with Crippen LogP contribution in [-0.4, -0.2) is 22.9 Å². The van der Waals surface area contributed by atoms with Gasteiger partial charge in [0.05, 0.1) is 11.1 Å². The molecule has 0 radical (unpaired) electrons. The van der Waals surface area contributed by atoms with Gasteiger partial charge in [-0.15, -0.1) is 13.2 Å². The summed E-state index contributed by atoms with van der Waals surface area (Å²) in [4.78, 5) is 14.9. The predicted molar refractivity (Wildman–Crippen MR) is 87.1 cm³/mol. The molecule has 0 unspecified atom stereocenters. The summed E-state index contributed by atoms with van der Waals surface area (Å²) >= 11 is 0. The predicted octanol–water partition coefficient (Wildman–Crippen LogP) is 3.23. The maximum atomic E-state index is 13.0. The summed E-state index contributed by atoms with van der Waals surface area (Å²) in [6.07, 6.45) is 5.12. The van der Waals surface area contributed by atoms with Crippen molar-refractivity contribution in [1.82, 2.24) is 4.90 Å². The first kappa shape index (κ1) is 15.5. The number of benzene rings is 1. The monoisotopic (exact) mass is 284 g/mol. The molecule has 0 aliphatic carbocycles. The Morgan fingerprint density at radius 1 is 1.24 bits per heavy atom. The first-order chi connectivity index (χ1) is 9.94. The van der Waals surface area contributed by atoms with Crippen molar-refractivity contribution in [1.29, 1.82) is 0 Å². The van der Waals surface area contributed by atoms with Gasteiger partial charge in [0, 0.05) is 12.1 Å². The van der Waals surface area contributed by atoms with Gasteiger partial charge in [-0.1, -0.05) is 30.4 Å². The van der Waals surface area contributed by atoms with Crippen molar-refractivity contribution in [3.63, 3.8) is 0 Å². The van der Waals surface area contributed by atoms with E-state index in [1.165, 1.54) is 0 Å². The molecule has 112 valence electrons. The summed E-state index contributed by atoms with van der Waals surface area (Å²) in [6, 6.07) is 7.81. The van der Waals surface area contributed by atoms with Gasteiger partial charge in [0.2, 0.25) is 0 Å². The topological polar surface area (TPSA) is 46.3 Å². The zero-order valence-electron chi connectivity index (χ0n) is 12.9. The van der Waals surface area contributed by atoms with E-state index in [1.807, 2.05) is 55.2 Å². The lowest BCUT2D eigenvalue weighted by molar-refractivity contribution is 0.0159. The van der Waals surface area contributed by atoms with Crippen LogP contribution in [0.3, 0.4) is 0 Å². The van der Waals surface area contributed by atoms with Gasteiger partial charge in [-0.25, -0.2) is 0 Å². The molecule has 1 aromatic rings. The standard InChI is InChI=1S/C18H24N2O/c1-5-11-18(12-6-2)15-10-8-7-9-14(15)16(21)20(18)17(3,4)13-19/h5-10H,1-2,11-13,19H2,3-4H3. The lowest BCUT2D eigenvalue weighted by Gasteiger charge is -2.47. The average Bonchev–Trinajstić information content (AvgIpc) is 2.70. The molecule has 21 heavy (non-hydrogen) atoms. The van der Waals surface area contributed by atoms with Crippen molar-refractivity contribution < 1.29 is 4.79 Å². The van der Waals surface area contributed by atoms with Crippen molar-refractivity contribution in [2.24, 2.45) is 5.73 Å². The summed E-state index contributed by atoms with van der Waals surface area (Å²) in [6.45, 7) is 12.2.